The van der Waals surface area contributed by atoms with Crippen LogP contribution in [0.5, 0.6) is 11.5 Å². The first-order valence-electron chi connectivity index (χ1n) is 10.6. The number of fused-ring (bicyclic) bond motifs is 1. The Kier molecular flexibility index (Phi) is 7.93. The summed E-state index contributed by atoms with van der Waals surface area (Å²) in [5.41, 5.74) is 0.907. The summed E-state index contributed by atoms with van der Waals surface area (Å²) >= 11 is 0. The third kappa shape index (κ3) is 6.45. The predicted octanol–water partition coefficient (Wildman–Crippen LogP) is 2.18. The number of ether oxygens (including phenoxy) is 3. The van der Waals surface area contributed by atoms with Gasteiger partial charge in [0.1, 0.15) is 19.3 Å². The molecule has 0 spiro atoms. The van der Waals surface area contributed by atoms with Gasteiger partial charge in [0.15, 0.2) is 18.1 Å². The van der Waals surface area contributed by atoms with Crippen molar-refractivity contribution >= 4 is 21.9 Å². The van der Waals surface area contributed by atoms with Crippen LogP contribution in [0.15, 0.2) is 53.4 Å². The van der Waals surface area contributed by atoms with Crippen molar-refractivity contribution in [1.82, 2.24) is 10.0 Å². The van der Waals surface area contributed by atoms with Gasteiger partial charge in [-0.1, -0.05) is 44.2 Å². The Hall–Kier alpha value is -3.11. The van der Waals surface area contributed by atoms with E-state index in [1.165, 1.54) is 18.2 Å². The maximum absolute atomic E-state index is 12.9. The van der Waals surface area contributed by atoms with Gasteiger partial charge >= 0.3 is 5.97 Å². The van der Waals surface area contributed by atoms with Crippen LogP contribution >= 0.6 is 0 Å². The number of sulfonamides is 1. The second kappa shape index (κ2) is 10.7. The smallest absolute Gasteiger partial charge is 0.324 e. The first-order valence-corrected chi connectivity index (χ1v) is 12.1. The summed E-state index contributed by atoms with van der Waals surface area (Å²) in [5, 5.41) is 2.74. The van der Waals surface area contributed by atoms with Crippen LogP contribution in [0.3, 0.4) is 0 Å². The van der Waals surface area contributed by atoms with Gasteiger partial charge < -0.3 is 19.5 Å². The molecule has 0 aromatic heterocycles. The Balaban J connectivity index is 1.61. The number of benzene rings is 2. The highest BCUT2D eigenvalue weighted by molar-refractivity contribution is 7.89. The molecule has 2 aromatic rings. The van der Waals surface area contributed by atoms with E-state index in [2.05, 4.69) is 10.0 Å². The van der Waals surface area contributed by atoms with Crippen molar-refractivity contribution in [2.45, 2.75) is 37.8 Å². The Bertz CT molecular complexity index is 1090. The maximum Gasteiger partial charge on any atom is 0.324 e. The Morgan fingerprint density at radius 2 is 1.67 bits per heavy atom. The topological polar surface area (TPSA) is 120 Å². The number of carbonyl (C=O) groups excluding carboxylic acids is 2. The molecule has 9 nitrogen and oxygen atoms in total. The van der Waals surface area contributed by atoms with Crippen molar-refractivity contribution in [3.05, 3.63) is 54.1 Å². The number of nitrogens with one attached hydrogen (secondary N) is 2. The summed E-state index contributed by atoms with van der Waals surface area (Å²) in [7, 11) is -4.06. The van der Waals surface area contributed by atoms with Gasteiger partial charge in [0, 0.05) is 6.07 Å². The van der Waals surface area contributed by atoms with E-state index < -0.39 is 40.5 Å². The van der Waals surface area contributed by atoms with E-state index in [0.717, 1.165) is 5.56 Å². The van der Waals surface area contributed by atoms with E-state index in [-0.39, 0.29) is 10.9 Å². The van der Waals surface area contributed by atoms with Crippen molar-refractivity contribution in [1.29, 1.82) is 0 Å². The second-order valence-electron chi connectivity index (χ2n) is 7.96. The van der Waals surface area contributed by atoms with Gasteiger partial charge in [-0.25, -0.2) is 8.42 Å². The fraction of sp³-hybridized carbons (Fsp3) is 0.391. The number of esters is 1. The van der Waals surface area contributed by atoms with Crippen molar-refractivity contribution < 1.29 is 32.2 Å². The number of rotatable bonds is 9. The molecule has 0 saturated carbocycles. The van der Waals surface area contributed by atoms with E-state index in [9.17, 15) is 18.0 Å². The molecule has 33 heavy (non-hydrogen) atoms. The highest BCUT2D eigenvalue weighted by Crippen LogP contribution is 2.32. The van der Waals surface area contributed by atoms with Crippen LogP contribution < -0.4 is 19.5 Å². The number of hydrogen-bond donors (Lipinski definition) is 2. The quantitative estimate of drug-likeness (QED) is 0.532. The monoisotopic (exact) mass is 476 g/mol. The molecule has 1 aliphatic heterocycles. The number of amides is 1. The first kappa shape index (κ1) is 24.5. The van der Waals surface area contributed by atoms with E-state index in [1.54, 1.807) is 13.8 Å². The van der Waals surface area contributed by atoms with Gasteiger partial charge in [0.05, 0.1) is 10.9 Å². The Morgan fingerprint density at radius 1 is 1.00 bits per heavy atom. The summed E-state index contributed by atoms with van der Waals surface area (Å²) in [5.74, 6) is -0.978. The molecule has 10 heteroatoms. The van der Waals surface area contributed by atoms with Crippen molar-refractivity contribution in [2.24, 2.45) is 5.92 Å². The van der Waals surface area contributed by atoms with E-state index >= 15 is 0 Å². The zero-order chi connectivity index (χ0) is 24.0. The maximum atomic E-state index is 12.9. The Morgan fingerprint density at radius 3 is 2.33 bits per heavy atom. The molecular formula is C23H28N2O7S. The van der Waals surface area contributed by atoms with Gasteiger partial charge in [-0.05, 0) is 30.5 Å². The lowest BCUT2D eigenvalue weighted by Gasteiger charge is -2.22. The Labute approximate surface area is 193 Å². The fourth-order valence-corrected chi connectivity index (χ4v) is 4.57. The summed E-state index contributed by atoms with van der Waals surface area (Å²) in [6.07, 6.45) is 0. The minimum absolute atomic E-state index is 0.0698. The van der Waals surface area contributed by atoms with Crippen LogP contribution in [0.4, 0.5) is 0 Å². The molecule has 2 aromatic carbocycles. The van der Waals surface area contributed by atoms with E-state index in [1.807, 2.05) is 37.3 Å². The molecule has 178 valence electrons. The fourth-order valence-electron chi connectivity index (χ4n) is 3.22. The van der Waals surface area contributed by atoms with Gasteiger partial charge in [0.2, 0.25) is 10.0 Å². The highest BCUT2D eigenvalue weighted by atomic mass is 32.2. The minimum Gasteiger partial charge on any atom is -0.486 e. The molecule has 3 rings (SSSR count). The zero-order valence-electron chi connectivity index (χ0n) is 18.7. The van der Waals surface area contributed by atoms with E-state index in [4.69, 9.17) is 14.2 Å². The van der Waals surface area contributed by atoms with Crippen LogP contribution in [0, 0.1) is 5.92 Å². The average Bonchev–Trinajstić information content (AvgIpc) is 2.81. The first-order chi connectivity index (χ1) is 15.7. The molecule has 0 aliphatic carbocycles. The van der Waals surface area contributed by atoms with Crippen LogP contribution in [0.2, 0.25) is 0 Å². The molecular weight excluding hydrogens is 448 g/mol. The van der Waals surface area contributed by atoms with Crippen LogP contribution in [0.25, 0.3) is 0 Å². The molecule has 2 N–H and O–H groups in total. The highest BCUT2D eigenvalue weighted by Gasteiger charge is 2.31. The normalized spacial score (nSPS) is 14.9. The molecule has 0 saturated heterocycles. The average molecular weight is 477 g/mol. The molecule has 0 fully saturated rings. The lowest BCUT2D eigenvalue weighted by atomic mass is 10.1. The van der Waals surface area contributed by atoms with Crippen molar-refractivity contribution in [2.75, 3.05) is 19.8 Å². The molecule has 2 unspecified atom stereocenters. The molecule has 1 amide bonds. The van der Waals surface area contributed by atoms with Crippen molar-refractivity contribution in [3.8, 4) is 11.5 Å². The molecule has 0 radical (unpaired) electrons. The van der Waals surface area contributed by atoms with Crippen LogP contribution in [-0.4, -0.2) is 46.2 Å². The van der Waals surface area contributed by atoms with Crippen molar-refractivity contribution in [3.63, 3.8) is 0 Å². The third-order valence-electron chi connectivity index (χ3n) is 5.05. The lowest BCUT2D eigenvalue weighted by molar-refractivity contribution is -0.151. The third-order valence-corrected chi connectivity index (χ3v) is 6.49. The second-order valence-corrected chi connectivity index (χ2v) is 9.67. The molecule has 2 atom stereocenters. The summed E-state index contributed by atoms with van der Waals surface area (Å²) in [4.78, 5) is 24.8. The van der Waals surface area contributed by atoms with Crippen LogP contribution in [0.1, 0.15) is 32.4 Å². The van der Waals surface area contributed by atoms with E-state index in [0.29, 0.717) is 24.7 Å². The minimum atomic E-state index is -4.06. The summed E-state index contributed by atoms with van der Waals surface area (Å²) in [6, 6.07) is 12.1. The van der Waals surface area contributed by atoms with Gasteiger partial charge in [-0.3, -0.25) is 9.59 Å². The zero-order valence-corrected chi connectivity index (χ0v) is 19.6. The lowest BCUT2D eigenvalue weighted by Crippen LogP contribution is -2.46. The predicted molar refractivity (Wildman–Crippen MR) is 120 cm³/mol. The van der Waals surface area contributed by atoms with Crippen LogP contribution in [-0.2, 0) is 24.3 Å². The molecule has 1 heterocycles. The summed E-state index contributed by atoms with van der Waals surface area (Å²) < 4.78 is 44.1. The SMILES string of the molecule is CC(NC(=O)COC(=O)C(NS(=O)(=O)c1ccc2c(c1)OCCO2)C(C)C)c1ccccc1. The van der Waals surface area contributed by atoms with Gasteiger partial charge in [0.25, 0.3) is 5.91 Å². The molecule has 1 aliphatic rings. The molecule has 0 bridgehead atoms. The summed E-state index contributed by atoms with van der Waals surface area (Å²) in [6.45, 7) is 5.34. The number of hydrogen-bond acceptors (Lipinski definition) is 7. The van der Waals surface area contributed by atoms with Gasteiger partial charge in [-0.15, -0.1) is 0 Å². The number of carbonyl (C=O) groups is 2. The largest absolute Gasteiger partial charge is 0.486 e. The van der Waals surface area contributed by atoms with Gasteiger partial charge in [-0.2, -0.15) is 4.72 Å². The standard InChI is InChI=1S/C23H28N2O7S/c1-15(2)22(23(27)32-14-21(26)24-16(3)17-7-5-4-6-8-17)25-33(28,29)18-9-10-19-20(13-18)31-12-11-30-19/h4-10,13,15-16,22,25H,11-12,14H2,1-3H3,(H,24,26).